The van der Waals surface area contributed by atoms with Gasteiger partial charge in [-0.25, -0.2) is 25.9 Å². The van der Waals surface area contributed by atoms with Gasteiger partial charge in [0.05, 0.1) is 16.4 Å². The van der Waals surface area contributed by atoms with E-state index in [0.29, 0.717) is 29.0 Å². The summed E-state index contributed by atoms with van der Waals surface area (Å²) < 4.78 is 74.2. The topological polar surface area (TPSA) is 102 Å². The zero-order chi connectivity index (χ0) is 24.2. The number of rotatable bonds is 9. The highest BCUT2D eigenvalue weighted by Crippen LogP contribution is 2.30. The molecule has 1 heterocycles. The predicted molar refractivity (Wildman–Crippen MR) is 123 cm³/mol. The highest BCUT2D eigenvalue weighted by atomic mass is 32.2. The van der Waals surface area contributed by atoms with Crippen molar-refractivity contribution in [3.8, 4) is 5.75 Å². The molecule has 1 atom stereocenters. The molecule has 2 aromatic carbocycles. The fraction of sp³-hybridized carbons (Fsp3) is 0.261. The highest BCUT2D eigenvalue weighted by Gasteiger charge is 2.31. The van der Waals surface area contributed by atoms with Gasteiger partial charge in [-0.3, -0.25) is 4.98 Å². The average molecular weight is 493 g/mol. The lowest BCUT2D eigenvalue weighted by Crippen LogP contribution is -2.32. The van der Waals surface area contributed by atoms with Crippen molar-refractivity contribution in [2.75, 3.05) is 13.2 Å². The van der Waals surface area contributed by atoms with E-state index in [-0.39, 0.29) is 9.79 Å². The monoisotopic (exact) mass is 492 g/mol. The number of pyridine rings is 1. The van der Waals surface area contributed by atoms with E-state index in [4.69, 9.17) is 4.74 Å². The Morgan fingerprint density at radius 3 is 2.33 bits per heavy atom. The molecule has 0 fully saturated rings. The second kappa shape index (κ2) is 9.98. The molecule has 7 nitrogen and oxygen atoms in total. The number of aromatic nitrogens is 1. The summed E-state index contributed by atoms with van der Waals surface area (Å²) in [5.41, 5.74) is 1.42. The lowest BCUT2D eigenvalue weighted by Gasteiger charge is -2.20. The summed E-state index contributed by atoms with van der Waals surface area (Å²) >= 11 is 0. The lowest BCUT2D eigenvalue weighted by atomic mass is 10.1. The van der Waals surface area contributed by atoms with Crippen LogP contribution in [-0.2, 0) is 19.9 Å². The lowest BCUT2D eigenvalue weighted by molar-refractivity contribution is 0.337. The minimum atomic E-state index is -4.06. The summed E-state index contributed by atoms with van der Waals surface area (Å²) in [6.45, 7) is 5.23. The van der Waals surface area contributed by atoms with Crippen LogP contribution in [0.4, 0.5) is 4.39 Å². The van der Waals surface area contributed by atoms with Crippen molar-refractivity contribution in [3.05, 3.63) is 83.4 Å². The number of sulfonamides is 1. The van der Waals surface area contributed by atoms with Crippen molar-refractivity contribution in [1.29, 1.82) is 0 Å². The number of ether oxygens (including phenoxy) is 1. The third-order valence-electron chi connectivity index (χ3n) is 5.09. The van der Waals surface area contributed by atoms with Crippen molar-refractivity contribution in [3.63, 3.8) is 0 Å². The fourth-order valence-electron chi connectivity index (χ4n) is 3.39. The molecule has 176 valence electrons. The molecule has 10 heteroatoms. The van der Waals surface area contributed by atoms with Gasteiger partial charge in [0.25, 0.3) is 0 Å². The van der Waals surface area contributed by atoms with Gasteiger partial charge < -0.3 is 4.74 Å². The molecule has 3 aromatic rings. The summed E-state index contributed by atoms with van der Waals surface area (Å²) in [4.78, 5) is 3.88. The number of halogens is 1. The Morgan fingerprint density at radius 1 is 1.03 bits per heavy atom. The van der Waals surface area contributed by atoms with Crippen LogP contribution < -0.4 is 9.46 Å². The van der Waals surface area contributed by atoms with Crippen LogP contribution in [-0.4, -0.2) is 35.0 Å². The van der Waals surface area contributed by atoms with Crippen LogP contribution in [0.15, 0.2) is 70.7 Å². The number of hydrogen-bond donors (Lipinski definition) is 1. The summed E-state index contributed by atoms with van der Waals surface area (Å²) in [5, 5.41) is -1.27. The van der Waals surface area contributed by atoms with Crippen molar-refractivity contribution in [1.82, 2.24) is 9.71 Å². The van der Waals surface area contributed by atoms with Gasteiger partial charge in [0, 0.05) is 18.9 Å². The van der Waals surface area contributed by atoms with Crippen molar-refractivity contribution in [2.45, 2.75) is 35.8 Å². The standard InChI is InChI=1S/C23H25FN2O5S2/c1-4-31-21-12-17(3)22(13-16(21)2)33(29,30)26-15-23(18-6-5-11-25-14-18)32(27,28)20-9-7-19(24)8-10-20/h5-14,23,26H,4,15H2,1-3H3. The number of aryl methyl sites for hydroxylation is 2. The molecule has 0 saturated heterocycles. The van der Waals surface area contributed by atoms with Gasteiger partial charge in [0.1, 0.15) is 16.8 Å². The molecule has 33 heavy (non-hydrogen) atoms. The third-order valence-corrected chi connectivity index (χ3v) is 8.78. The number of hydrogen-bond acceptors (Lipinski definition) is 6. The van der Waals surface area contributed by atoms with E-state index in [2.05, 4.69) is 9.71 Å². The van der Waals surface area contributed by atoms with E-state index in [1.165, 1.54) is 18.5 Å². The zero-order valence-electron chi connectivity index (χ0n) is 18.4. The molecule has 0 aliphatic carbocycles. The van der Waals surface area contributed by atoms with Crippen LogP contribution in [0.1, 0.15) is 28.9 Å². The fourth-order valence-corrected chi connectivity index (χ4v) is 6.49. The largest absolute Gasteiger partial charge is 0.494 e. The molecular formula is C23H25FN2O5S2. The molecular weight excluding hydrogens is 467 g/mol. The Labute approximate surface area is 193 Å². The molecule has 0 bridgehead atoms. The molecule has 0 aliphatic rings. The molecule has 1 unspecified atom stereocenters. The quantitative estimate of drug-likeness (QED) is 0.457. The highest BCUT2D eigenvalue weighted by molar-refractivity contribution is 7.92. The number of benzene rings is 2. The summed E-state index contributed by atoms with van der Waals surface area (Å²) in [7, 11) is -8.11. The average Bonchev–Trinajstić information content (AvgIpc) is 2.77. The number of nitrogens with zero attached hydrogens (tertiary/aromatic N) is 1. The second-order valence-electron chi connectivity index (χ2n) is 7.44. The Morgan fingerprint density at radius 2 is 1.73 bits per heavy atom. The van der Waals surface area contributed by atoms with Gasteiger partial charge in [-0.05, 0) is 79.9 Å². The van der Waals surface area contributed by atoms with Crippen molar-refractivity contribution >= 4 is 19.9 Å². The molecule has 0 aliphatic heterocycles. The third kappa shape index (κ3) is 5.58. The Bertz CT molecular complexity index is 1330. The van der Waals surface area contributed by atoms with Gasteiger partial charge in [0.15, 0.2) is 9.84 Å². The van der Waals surface area contributed by atoms with E-state index in [1.54, 1.807) is 32.0 Å². The number of nitrogens with one attached hydrogen (secondary N) is 1. The molecule has 3 rings (SSSR count). The van der Waals surface area contributed by atoms with E-state index in [0.717, 1.165) is 24.3 Å². The Hall–Kier alpha value is -2.82. The minimum Gasteiger partial charge on any atom is -0.494 e. The van der Waals surface area contributed by atoms with Crippen LogP contribution >= 0.6 is 0 Å². The van der Waals surface area contributed by atoms with E-state index >= 15 is 0 Å². The van der Waals surface area contributed by atoms with Gasteiger partial charge in [-0.1, -0.05) is 6.07 Å². The first-order chi connectivity index (χ1) is 15.6. The predicted octanol–water partition coefficient (Wildman–Crippen LogP) is 3.73. The van der Waals surface area contributed by atoms with Crippen molar-refractivity contribution in [2.24, 2.45) is 0 Å². The SMILES string of the molecule is CCOc1cc(C)c(S(=O)(=O)NCC(c2cccnc2)S(=O)(=O)c2ccc(F)cc2)cc1C. The van der Waals surface area contributed by atoms with E-state index in [9.17, 15) is 21.2 Å². The van der Waals surface area contributed by atoms with Crippen LogP contribution in [0, 0.1) is 19.7 Å². The van der Waals surface area contributed by atoms with E-state index in [1.807, 2.05) is 6.92 Å². The molecule has 0 spiro atoms. The first kappa shape index (κ1) is 24.8. The van der Waals surface area contributed by atoms with Crippen LogP contribution in [0.5, 0.6) is 5.75 Å². The van der Waals surface area contributed by atoms with E-state index < -0.39 is 37.5 Å². The summed E-state index contributed by atoms with van der Waals surface area (Å²) in [6.07, 6.45) is 2.85. The zero-order valence-corrected chi connectivity index (χ0v) is 20.1. The summed E-state index contributed by atoms with van der Waals surface area (Å²) in [6, 6.07) is 10.7. The van der Waals surface area contributed by atoms with Gasteiger partial charge in [-0.2, -0.15) is 0 Å². The van der Waals surface area contributed by atoms with Crippen LogP contribution in [0.2, 0.25) is 0 Å². The van der Waals surface area contributed by atoms with Gasteiger partial charge >= 0.3 is 0 Å². The Balaban J connectivity index is 1.96. The normalized spacial score (nSPS) is 13.0. The first-order valence-corrected chi connectivity index (χ1v) is 13.2. The molecule has 1 N–H and O–H groups in total. The van der Waals surface area contributed by atoms with Crippen LogP contribution in [0.25, 0.3) is 0 Å². The molecule has 0 amide bonds. The maximum atomic E-state index is 13.3. The maximum absolute atomic E-state index is 13.3. The molecule has 0 saturated carbocycles. The number of sulfone groups is 1. The minimum absolute atomic E-state index is 0.0348. The van der Waals surface area contributed by atoms with Crippen LogP contribution in [0.3, 0.4) is 0 Å². The van der Waals surface area contributed by atoms with Gasteiger partial charge in [-0.15, -0.1) is 0 Å². The molecule has 0 radical (unpaired) electrons. The summed E-state index contributed by atoms with van der Waals surface area (Å²) in [5.74, 6) is 0.00926. The molecule has 1 aromatic heterocycles. The first-order valence-electron chi connectivity index (χ1n) is 10.2. The second-order valence-corrected chi connectivity index (χ2v) is 11.3. The van der Waals surface area contributed by atoms with Gasteiger partial charge in [0.2, 0.25) is 10.0 Å². The Kier molecular flexibility index (Phi) is 7.51. The maximum Gasteiger partial charge on any atom is 0.240 e. The smallest absolute Gasteiger partial charge is 0.240 e. The van der Waals surface area contributed by atoms with Crippen molar-refractivity contribution < 1.29 is 26.0 Å².